The predicted octanol–water partition coefficient (Wildman–Crippen LogP) is 4.49. The Morgan fingerprint density at radius 2 is 1.80 bits per heavy atom. The second-order valence-electron chi connectivity index (χ2n) is 4.46. The van der Waals surface area contributed by atoms with Crippen LogP contribution in [0.15, 0.2) is 24.3 Å². The number of halogens is 4. The molecule has 2 aromatic rings. The Morgan fingerprint density at radius 3 is 2.32 bits per heavy atom. The van der Waals surface area contributed by atoms with Gasteiger partial charge in [-0.05, 0) is 29.5 Å². The highest BCUT2D eigenvalue weighted by Gasteiger charge is 2.32. The van der Waals surface area contributed by atoms with Gasteiger partial charge in [0.25, 0.3) is 5.91 Å². The lowest BCUT2D eigenvalue weighted by atomic mass is 10.1. The number of hydrogen-bond acceptors (Lipinski definition) is 6. The van der Waals surface area contributed by atoms with E-state index in [1.54, 1.807) is 0 Å². The van der Waals surface area contributed by atoms with Crippen molar-refractivity contribution in [2.24, 2.45) is 0 Å². The summed E-state index contributed by atoms with van der Waals surface area (Å²) in [5.41, 5.74) is -2.48. The van der Waals surface area contributed by atoms with Crippen LogP contribution in [0.3, 0.4) is 0 Å². The van der Waals surface area contributed by atoms with Crippen molar-refractivity contribution in [3.63, 3.8) is 0 Å². The number of alkyl halides is 3. The van der Waals surface area contributed by atoms with E-state index in [1.165, 1.54) is 0 Å². The largest absolute Gasteiger partial charge is 0.416 e. The fourth-order valence-corrected chi connectivity index (χ4v) is 2.77. The molecule has 0 saturated heterocycles. The number of rotatable bonds is 4. The maximum absolute atomic E-state index is 12.7. The molecule has 1 heterocycles. The minimum Gasteiger partial charge on any atom is -0.308 e. The zero-order chi connectivity index (χ0) is 18.9. The molecule has 0 aliphatic heterocycles. The van der Waals surface area contributed by atoms with Gasteiger partial charge in [0.05, 0.1) is 26.0 Å². The predicted molar refractivity (Wildman–Crippen MR) is 82.0 cm³/mol. The van der Waals surface area contributed by atoms with Crippen molar-refractivity contribution in [1.29, 1.82) is 0 Å². The first kappa shape index (κ1) is 18.6. The quantitative estimate of drug-likeness (QED) is 0.605. The minimum absolute atomic E-state index is 0.297. The summed E-state index contributed by atoms with van der Waals surface area (Å²) in [6.07, 6.45) is -4.73. The van der Waals surface area contributed by atoms with Crippen molar-refractivity contribution < 1.29 is 27.8 Å². The van der Waals surface area contributed by atoms with Gasteiger partial charge in [-0.1, -0.05) is 11.6 Å². The van der Waals surface area contributed by atoms with Gasteiger partial charge in [-0.15, -0.1) is 0 Å². The Bertz CT molecular complexity index is 883. The van der Waals surface area contributed by atoms with Crippen molar-refractivity contribution >= 4 is 44.5 Å². The van der Waals surface area contributed by atoms with Gasteiger partial charge in [-0.25, -0.2) is 0 Å². The molecule has 0 saturated carbocycles. The fourth-order valence-electron chi connectivity index (χ4n) is 1.73. The lowest BCUT2D eigenvalue weighted by Gasteiger charge is -2.10. The van der Waals surface area contributed by atoms with Crippen LogP contribution in [0.5, 0.6) is 0 Å². The van der Waals surface area contributed by atoms with Crippen molar-refractivity contribution in [3.8, 4) is 0 Å². The van der Waals surface area contributed by atoms with E-state index in [0.29, 0.717) is 29.5 Å². The Balaban J connectivity index is 2.41. The van der Waals surface area contributed by atoms with Crippen LogP contribution in [0.25, 0.3) is 0 Å². The topological polar surface area (TPSA) is 115 Å². The molecule has 1 aromatic carbocycles. The summed E-state index contributed by atoms with van der Waals surface area (Å²) in [6.45, 7) is 0. The molecule has 0 fully saturated rings. The number of nitrogens with zero attached hydrogens (tertiary/aromatic N) is 2. The molecule has 0 aliphatic rings. The van der Waals surface area contributed by atoms with Gasteiger partial charge in [0.2, 0.25) is 0 Å². The molecule has 0 spiro atoms. The molecule has 1 amide bonds. The molecular weight excluding hydrogens is 391 g/mol. The maximum Gasteiger partial charge on any atom is 0.416 e. The number of nitrogens with one attached hydrogen (secondary N) is 1. The van der Waals surface area contributed by atoms with Crippen LogP contribution in [-0.2, 0) is 6.18 Å². The fraction of sp³-hybridized carbons (Fsp3) is 0.0833. The van der Waals surface area contributed by atoms with Crippen LogP contribution < -0.4 is 5.32 Å². The van der Waals surface area contributed by atoms with E-state index in [9.17, 15) is 38.2 Å². The molecule has 132 valence electrons. The zero-order valence-electron chi connectivity index (χ0n) is 11.7. The summed E-state index contributed by atoms with van der Waals surface area (Å²) in [5, 5.41) is 22.1. The van der Waals surface area contributed by atoms with E-state index >= 15 is 0 Å². The summed E-state index contributed by atoms with van der Waals surface area (Å²) in [4.78, 5) is 31.8. The van der Waals surface area contributed by atoms with Gasteiger partial charge in [0.15, 0.2) is 5.00 Å². The third-order valence-corrected chi connectivity index (χ3v) is 4.16. The maximum atomic E-state index is 12.7. The third kappa shape index (κ3) is 4.03. The van der Waals surface area contributed by atoms with Gasteiger partial charge in [0, 0.05) is 0 Å². The smallest absolute Gasteiger partial charge is 0.308 e. The van der Waals surface area contributed by atoms with Gasteiger partial charge in [-0.3, -0.25) is 25.0 Å². The van der Waals surface area contributed by atoms with Crippen LogP contribution in [-0.4, -0.2) is 15.8 Å². The Hall–Kier alpha value is -2.73. The highest BCUT2D eigenvalue weighted by Crippen LogP contribution is 2.39. The first-order chi connectivity index (χ1) is 11.5. The summed E-state index contributed by atoms with van der Waals surface area (Å²) in [6, 6.07) is 2.63. The van der Waals surface area contributed by atoms with Gasteiger partial charge in [-0.2, -0.15) is 13.2 Å². The Morgan fingerprint density at radius 1 is 1.16 bits per heavy atom. The number of carbonyl (C=O) groups excluding carboxylic acids is 1. The monoisotopic (exact) mass is 395 g/mol. The standard InChI is InChI=1S/C12H5ClF3N3O5S/c13-7-2-1-5(12(14,15)16)3-6(7)10(20)17-11-8(18(21)22)4-9(25-11)19(23)24/h1-4H,(H,17,20). The molecule has 1 aromatic heterocycles. The molecule has 0 unspecified atom stereocenters. The van der Waals surface area contributed by atoms with Crippen LogP contribution in [0, 0.1) is 20.2 Å². The number of nitro groups is 2. The number of thiophene rings is 1. The van der Waals surface area contributed by atoms with Crippen LogP contribution >= 0.6 is 22.9 Å². The number of amides is 1. The lowest BCUT2D eigenvalue weighted by molar-refractivity contribution is -0.389. The highest BCUT2D eigenvalue weighted by molar-refractivity contribution is 7.20. The van der Waals surface area contributed by atoms with Gasteiger partial charge >= 0.3 is 16.9 Å². The average molecular weight is 396 g/mol. The summed E-state index contributed by atoms with van der Waals surface area (Å²) >= 11 is 6.00. The first-order valence-corrected chi connectivity index (χ1v) is 7.31. The SMILES string of the molecule is O=C(Nc1sc([N+](=O)[O-])cc1[N+](=O)[O-])c1cc(C(F)(F)F)ccc1Cl. The average Bonchev–Trinajstić information content (AvgIpc) is 2.90. The molecule has 0 aliphatic carbocycles. The molecular formula is C12H5ClF3N3O5S. The first-order valence-electron chi connectivity index (χ1n) is 6.11. The lowest BCUT2D eigenvalue weighted by Crippen LogP contribution is -2.14. The number of hydrogen-bond donors (Lipinski definition) is 1. The highest BCUT2D eigenvalue weighted by atomic mass is 35.5. The van der Waals surface area contributed by atoms with E-state index < -0.39 is 48.7 Å². The summed E-state index contributed by atoms with van der Waals surface area (Å²) in [7, 11) is 0. The summed E-state index contributed by atoms with van der Waals surface area (Å²) < 4.78 is 38.1. The summed E-state index contributed by atoms with van der Waals surface area (Å²) in [5.74, 6) is -1.17. The van der Waals surface area contributed by atoms with Crippen molar-refractivity contribution in [2.45, 2.75) is 6.18 Å². The Labute approximate surface area is 145 Å². The van der Waals surface area contributed by atoms with Crippen LogP contribution in [0.2, 0.25) is 5.02 Å². The van der Waals surface area contributed by atoms with Gasteiger partial charge < -0.3 is 5.32 Å². The second kappa shape index (κ2) is 6.64. The molecule has 0 bridgehead atoms. The van der Waals surface area contributed by atoms with E-state index in [1.807, 2.05) is 5.32 Å². The molecule has 0 atom stereocenters. The Kier molecular flexibility index (Phi) is 4.94. The van der Waals surface area contributed by atoms with Gasteiger partial charge in [0.1, 0.15) is 6.07 Å². The van der Waals surface area contributed by atoms with Crippen molar-refractivity contribution in [1.82, 2.24) is 0 Å². The molecule has 8 nitrogen and oxygen atoms in total. The van der Waals surface area contributed by atoms with Crippen molar-refractivity contribution in [2.75, 3.05) is 5.32 Å². The second-order valence-corrected chi connectivity index (χ2v) is 5.90. The van der Waals surface area contributed by atoms with Crippen LogP contribution in [0.4, 0.5) is 28.9 Å². The molecule has 2 rings (SSSR count). The normalized spacial score (nSPS) is 11.2. The van der Waals surface area contributed by atoms with E-state index in [0.717, 1.165) is 6.07 Å². The minimum atomic E-state index is -4.73. The molecule has 0 radical (unpaired) electrons. The van der Waals surface area contributed by atoms with E-state index in [4.69, 9.17) is 11.6 Å². The van der Waals surface area contributed by atoms with E-state index in [-0.39, 0.29) is 5.02 Å². The number of carbonyl (C=O) groups is 1. The van der Waals surface area contributed by atoms with Crippen LogP contribution in [0.1, 0.15) is 15.9 Å². The molecule has 13 heteroatoms. The third-order valence-electron chi connectivity index (χ3n) is 2.84. The number of anilines is 1. The number of benzene rings is 1. The van der Waals surface area contributed by atoms with Crippen molar-refractivity contribution in [3.05, 3.63) is 60.6 Å². The zero-order valence-corrected chi connectivity index (χ0v) is 13.2. The molecule has 1 N–H and O–H groups in total. The molecule has 25 heavy (non-hydrogen) atoms. The van der Waals surface area contributed by atoms with E-state index in [2.05, 4.69) is 0 Å².